The number of hydrogen-bond donors (Lipinski definition) is 2. The van der Waals surface area contributed by atoms with Crippen LogP contribution in [0.4, 0.5) is 5.69 Å². The minimum atomic E-state index is -0.331. The van der Waals surface area contributed by atoms with Gasteiger partial charge in [0, 0.05) is 19.1 Å². The van der Waals surface area contributed by atoms with Crippen molar-refractivity contribution >= 4 is 17.5 Å². The maximum absolute atomic E-state index is 13.4. The number of rotatable bonds is 9. The van der Waals surface area contributed by atoms with Crippen LogP contribution in [0.1, 0.15) is 53.7 Å². The molecule has 0 unspecified atom stereocenters. The summed E-state index contributed by atoms with van der Waals surface area (Å²) in [5.41, 5.74) is 2.84. The molecule has 1 heterocycles. The molecule has 31 heavy (non-hydrogen) atoms. The second-order valence-electron chi connectivity index (χ2n) is 7.91. The van der Waals surface area contributed by atoms with E-state index in [9.17, 15) is 14.7 Å². The molecule has 2 aromatic carbocycles. The Hall–Kier alpha value is -3.06. The molecule has 0 aromatic heterocycles. The van der Waals surface area contributed by atoms with E-state index in [-0.39, 0.29) is 30.4 Å². The molecule has 0 saturated heterocycles. The molecule has 1 atom stereocenters. The Morgan fingerprint density at radius 3 is 2.74 bits per heavy atom. The second-order valence-corrected chi connectivity index (χ2v) is 7.91. The highest BCUT2D eigenvalue weighted by molar-refractivity contribution is 6.07. The Balaban J connectivity index is 1.64. The third-order valence-electron chi connectivity index (χ3n) is 5.82. The average molecular weight is 424 g/mol. The molecular weight excluding hydrogens is 396 g/mol. The summed E-state index contributed by atoms with van der Waals surface area (Å²) in [5, 5.41) is 12.7. The summed E-state index contributed by atoms with van der Waals surface area (Å²) in [4.78, 5) is 27.5. The fourth-order valence-electron chi connectivity index (χ4n) is 4.11. The fraction of sp³-hybridized carbons (Fsp3) is 0.417. The van der Waals surface area contributed by atoms with Gasteiger partial charge in [-0.1, -0.05) is 18.2 Å². The fourth-order valence-corrected chi connectivity index (χ4v) is 4.11. The number of anilines is 1. The van der Waals surface area contributed by atoms with Gasteiger partial charge in [0.05, 0.1) is 31.0 Å². The molecule has 1 saturated carbocycles. The standard InChI is InChI=1S/C24H28N2O5/c1-3-31-21-13-16(9-10-20(21)30-2)19(11-12-27)26-14-17-5-4-6-18(22(17)24(26)29)25-23(28)15-7-8-15/h4-6,9-10,13,15,19,27H,3,7-8,11-12,14H2,1-2H3,(H,25,28)/t19-/m1/s1. The van der Waals surface area contributed by atoms with Crippen molar-refractivity contribution in [2.75, 3.05) is 25.6 Å². The molecule has 1 fully saturated rings. The van der Waals surface area contributed by atoms with Gasteiger partial charge >= 0.3 is 0 Å². The lowest BCUT2D eigenvalue weighted by Gasteiger charge is -2.28. The van der Waals surface area contributed by atoms with Crippen LogP contribution in [0, 0.1) is 5.92 Å². The number of ether oxygens (including phenoxy) is 2. The Bertz CT molecular complexity index is 986. The van der Waals surface area contributed by atoms with Gasteiger partial charge in [-0.3, -0.25) is 9.59 Å². The van der Waals surface area contributed by atoms with E-state index in [0.717, 1.165) is 24.0 Å². The molecule has 0 bridgehead atoms. The predicted octanol–water partition coefficient (Wildman–Crippen LogP) is 3.52. The number of aliphatic hydroxyl groups excluding tert-OH is 1. The average Bonchev–Trinajstić information content (AvgIpc) is 3.57. The van der Waals surface area contributed by atoms with Gasteiger partial charge in [0.15, 0.2) is 11.5 Å². The highest BCUT2D eigenvalue weighted by atomic mass is 16.5. The summed E-state index contributed by atoms with van der Waals surface area (Å²) in [6.07, 6.45) is 2.19. The van der Waals surface area contributed by atoms with Gasteiger partial charge in [-0.2, -0.15) is 0 Å². The number of benzene rings is 2. The van der Waals surface area contributed by atoms with Crippen LogP contribution in [0.15, 0.2) is 36.4 Å². The topological polar surface area (TPSA) is 88.1 Å². The van der Waals surface area contributed by atoms with Crippen LogP contribution in [-0.2, 0) is 11.3 Å². The van der Waals surface area contributed by atoms with Crippen molar-refractivity contribution < 1.29 is 24.2 Å². The molecular formula is C24H28N2O5. The van der Waals surface area contributed by atoms with Crippen LogP contribution >= 0.6 is 0 Å². The minimum Gasteiger partial charge on any atom is -0.493 e. The quantitative estimate of drug-likeness (QED) is 0.643. The van der Waals surface area contributed by atoms with E-state index in [0.29, 0.717) is 42.3 Å². The molecule has 164 valence electrons. The van der Waals surface area contributed by atoms with Gasteiger partial charge in [0.2, 0.25) is 5.91 Å². The first-order valence-corrected chi connectivity index (χ1v) is 10.7. The Morgan fingerprint density at radius 2 is 2.06 bits per heavy atom. The van der Waals surface area contributed by atoms with Crippen LogP contribution < -0.4 is 14.8 Å². The number of methoxy groups -OCH3 is 1. The van der Waals surface area contributed by atoms with E-state index in [1.54, 1.807) is 18.1 Å². The smallest absolute Gasteiger partial charge is 0.257 e. The summed E-state index contributed by atoms with van der Waals surface area (Å²) in [6, 6.07) is 10.8. The number of fused-ring (bicyclic) bond motifs is 1. The number of carbonyl (C=O) groups is 2. The molecule has 2 aromatic rings. The summed E-state index contributed by atoms with van der Waals surface area (Å²) in [5.74, 6) is 1.11. The number of hydrogen-bond acceptors (Lipinski definition) is 5. The van der Waals surface area contributed by atoms with E-state index in [1.165, 1.54) is 0 Å². The van der Waals surface area contributed by atoms with Crippen molar-refractivity contribution in [2.24, 2.45) is 5.92 Å². The number of aliphatic hydroxyl groups is 1. The molecule has 7 nitrogen and oxygen atoms in total. The zero-order chi connectivity index (χ0) is 22.0. The maximum Gasteiger partial charge on any atom is 0.257 e. The highest BCUT2D eigenvalue weighted by Crippen LogP contribution is 2.39. The Labute approximate surface area is 182 Å². The zero-order valence-electron chi connectivity index (χ0n) is 17.9. The number of amides is 2. The normalized spacial score (nSPS) is 16.1. The van der Waals surface area contributed by atoms with Crippen molar-refractivity contribution in [3.05, 3.63) is 53.1 Å². The molecule has 2 amide bonds. The molecule has 0 radical (unpaired) electrons. The summed E-state index contributed by atoms with van der Waals surface area (Å²) in [7, 11) is 1.58. The molecule has 7 heteroatoms. The zero-order valence-corrected chi connectivity index (χ0v) is 17.9. The van der Waals surface area contributed by atoms with Crippen molar-refractivity contribution in [3.8, 4) is 11.5 Å². The van der Waals surface area contributed by atoms with Gasteiger partial charge < -0.3 is 24.8 Å². The SMILES string of the molecule is CCOc1cc([C@@H](CCO)N2Cc3cccc(NC(=O)C4CC4)c3C2=O)ccc1OC. The van der Waals surface area contributed by atoms with Crippen molar-refractivity contribution in [3.63, 3.8) is 0 Å². The first-order valence-electron chi connectivity index (χ1n) is 10.7. The summed E-state index contributed by atoms with van der Waals surface area (Å²) in [6.45, 7) is 2.74. The van der Waals surface area contributed by atoms with E-state index < -0.39 is 0 Å². The van der Waals surface area contributed by atoms with Gasteiger partial charge in [-0.05, 0) is 55.5 Å². The van der Waals surface area contributed by atoms with Gasteiger partial charge in [-0.15, -0.1) is 0 Å². The van der Waals surface area contributed by atoms with E-state index >= 15 is 0 Å². The first kappa shape index (κ1) is 21.2. The maximum atomic E-state index is 13.4. The third kappa shape index (κ3) is 4.23. The Morgan fingerprint density at radius 1 is 1.26 bits per heavy atom. The number of carbonyl (C=O) groups excluding carboxylic acids is 2. The van der Waals surface area contributed by atoms with Crippen molar-refractivity contribution in [1.29, 1.82) is 0 Å². The van der Waals surface area contributed by atoms with Gasteiger partial charge in [0.1, 0.15) is 0 Å². The predicted molar refractivity (Wildman–Crippen MR) is 116 cm³/mol. The first-order chi connectivity index (χ1) is 15.1. The summed E-state index contributed by atoms with van der Waals surface area (Å²) >= 11 is 0. The van der Waals surface area contributed by atoms with E-state index in [1.807, 2.05) is 37.3 Å². The van der Waals surface area contributed by atoms with Crippen LogP contribution in [-0.4, -0.2) is 42.1 Å². The largest absolute Gasteiger partial charge is 0.493 e. The van der Waals surface area contributed by atoms with E-state index in [4.69, 9.17) is 9.47 Å². The second kappa shape index (κ2) is 8.98. The molecule has 1 aliphatic heterocycles. The lowest BCUT2D eigenvalue weighted by atomic mass is 10.0. The van der Waals surface area contributed by atoms with Gasteiger partial charge in [-0.25, -0.2) is 0 Å². The minimum absolute atomic E-state index is 0.0249. The van der Waals surface area contributed by atoms with Crippen molar-refractivity contribution in [2.45, 2.75) is 38.8 Å². The summed E-state index contributed by atoms with van der Waals surface area (Å²) < 4.78 is 11.1. The van der Waals surface area contributed by atoms with Crippen molar-refractivity contribution in [1.82, 2.24) is 4.90 Å². The van der Waals surface area contributed by atoms with Crippen LogP contribution in [0.25, 0.3) is 0 Å². The molecule has 0 spiro atoms. The molecule has 2 N–H and O–H groups in total. The number of nitrogens with one attached hydrogen (secondary N) is 1. The Kier molecular flexibility index (Phi) is 6.13. The third-order valence-corrected chi connectivity index (χ3v) is 5.82. The lowest BCUT2D eigenvalue weighted by Crippen LogP contribution is -2.30. The monoisotopic (exact) mass is 424 g/mol. The van der Waals surface area contributed by atoms with Crippen LogP contribution in [0.2, 0.25) is 0 Å². The van der Waals surface area contributed by atoms with Gasteiger partial charge in [0.25, 0.3) is 5.91 Å². The number of nitrogens with zero attached hydrogens (tertiary/aromatic N) is 1. The molecule has 4 rings (SSSR count). The molecule has 2 aliphatic rings. The highest BCUT2D eigenvalue weighted by Gasteiger charge is 2.37. The lowest BCUT2D eigenvalue weighted by molar-refractivity contribution is -0.117. The molecule has 1 aliphatic carbocycles. The van der Waals surface area contributed by atoms with Crippen LogP contribution in [0.3, 0.4) is 0 Å². The van der Waals surface area contributed by atoms with Crippen LogP contribution in [0.5, 0.6) is 11.5 Å². The van der Waals surface area contributed by atoms with E-state index in [2.05, 4.69) is 5.32 Å².